The molecule has 0 aliphatic carbocycles. The summed E-state index contributed by atoms with van der Waals surface area (Å²) >= 11 is 0. The lowest BCUT2D eigenvalue weighted by Crippen LogP contribution is -2.09. The molecule has 0 fully saturated rings. The predicted octanol–water partition coefficient (Wildman–Crippen LogP) is -0.650. The molecule has 0 aromatic heterocycles. The summed E-state index contributed by atoms with van der Waals surface area (Å²) in [5.74, 6) is -3.65. The summed E-state index contributed by atoms with van der Waals surface area (Å²) in [6.45, 7) is 3.80. The van der Waals surface area contributed by atoms with Crippen molar-refractivity contribution in [3.63, 3.8) is 0 Å². The van der Waals surface area contributed by atoms with Crippen LogP contribution in [0.5, 0.6) is 0 Å². The summed E-state index contributed by atoms with van der Waals surface area (Å²) in [4.78, 5) is 18.2. The minimum Gasteiger partial charge on any atom is -0.473 e. The summed E-state index contributed by atoms with van der Waals surface area (Å²) in [5, 5.41) is 47.2. The molecular weight excluding hydrogens is 248 g/mol. The lowest BCUT2D eigenvalue weighted by Gasteiger charge is -1.94. The molecule has 0 aromatic carbocycles. The van der Waals surface area contributed by atoms with Crippen LogP contribution in [0.25, 0.3) is 0 Å². The Morgan fingerprint density at radius 3 is 1.00 bits per heavy atom. The standard InChI is InChI=1S/2C4H10O2.C2H2O4/c2*1-2-3-4(5)6;3-1(4)2(5)6/h2*4-6H,2-3H2,1H3;(H,3,4)(H,5,6). The Morgan fingerprint density at radius 1 is 0.778 bits per heavy atom. The molecule has 8 nitrogen and oxygen atoms in total. The van der Waals surface area contributed by atoms with Crippen LogP contribution in [0.3, 0.4) is 0 Å². The minimum absolute atomic E-state index is 0.486. The van der Waals surface area contributed by atoms with Crippen LogP contribution < -0.4 is 0 Å². The van der Waals surface area contributed by atoms with Crippen molar-refractivity contribution >= 4 is 11.9 Å². The van der Waals surface area contributed by atoms with Gasteiger partial charge in [0.1, 0.15) is 0 Å². The van der Waals surface area contributed by atoms with Gasteiger partial charge in [-0.15, -0.1) is 0 Å². The Hall–Kier alpha value is -1.22. The molecule has 0 unspecified atom stereocenters. The SMILES string of the molecule is CCCC(O)O.CCCC(O)O.O=C(O)C(=O)O. The normalized spacial score (nSPS) is 9.11. The third-order valence-corrected chi connectivity index (χ3v) is 1.28. The zero-order valence-corrected chi connectivity index (χ0v) is 10.5. The summed E-state index contributed by atoms with van der Waals surface area (Å²) in [6, 6.07) is 0. The van der Waals surface area contributed by atoms with E-state index in [1.54, 1.807) is 0 Å². The van der Waals surface area contributed by atoms with Crippen LogP contribution >= 0.6 is 0 Å². The molecule has 0 saturated carbocycles. The Morgan fingerprint density at radius 2 is 1.00 bits per heavy atom. The van der Waals surface area contributed by atoms with Crippen molar-refractivity contribution in [3.05, 3.63) is 0 Å². The van der Waals surface area contributed by atoms with E-state index in [0.29, 0.717) is 12.8 Å². The number of aliphatic carboxylic acids is 2. The highest BCUT2D eigenvalue weighted by Crippen LogP contribution is 1.88. The third-order valence-electron chi connectivity index (χ3n) is 1.28. The Kier molecular flexibility index (Phi) is 19.3. The largest absolute Gasteiger partial charge is 0.473 e. The maximum absolute atomic E-state index is 9.10. The molecule has 6 N–H and O–H groups in total. The van der Waals surface area contributed by atoms with Crippen LogP contribution in [0.2, 0.25) is 0 Å². The van der Waals surface area contributed by atoms with E-state index in [1.165, 1.54) is 0 Å². The van der Waals surface area contributed by atoms with E-state index < -0.39 is 24.5 Å². The fourth-order valence-corrected chi connectivity index (χ4v) is 0.516. The van der Waals surface area contributed by atoms with Gasteiger partial charge in [0.05, 0.1) is 0 Å². The molecule has 0 aromatic rings. The third kappa shape index (κ3) is 36.4. The molecule has 0 radical (unpaired) electrons. The van der Waals surface area contributed by atoms with Gasteiger partial charge in [0.2, 0.25) is 0 Å². The summed E-state index contributed by atoms with van der Waals surface area (Å²) in [7, 11) is 0. The average Bonchev–Trinajstić information content (AvgIpc) is 2.18. The first kappa shape index (κ1) is 22.0. The van der Waals surface area contributed by atoms with Crippen LogP contribution in [-0.2, 0) is 9.59 Å². The van der Waals surface area contributed by atoms with Gasteiger partial charge in [0, 0.05) is 0 Å². The molecule has 0 atom stereocenters. The number of carboxylic acids is 2. The molecule has 0 rings (SSSR count). The molecule has 0 heterocycles. The highest BCUT2D eigenvalue weighted by molar-refractivity contribution is 6.27. The van der Waals surface area contributed by atoms with Crippen molar-refractivity contribution in [2.45, 2.75) is 52.1 Å². The number of rotatable bonds is 4. The van der Waals surface area contributed by atoms with Gasteiger partial charge in [0.15, 0.2) is 12.6 Å². The van der Waals surface area contributed by atoms with Crippen LogP contribution in [0.1, 0.15) is 39.5 Å². The van der Waals surface area contributed by atoms with Crippen LogP contribution in [0, 0.1) is 0 Å². The second kappa shape index (κ2) is 15.8. The van der Waals surface area contributed by atoms with Gasteiger partial charge in [-0.05, 0) is 12.8 Å². The van der Waals surface area contributed by atoms with E-state index in [1.807, 2.05) is 13.8 Å². The summed E-state index contributed by atoms with van der Waals surface area (Å²) in [6.07, 6.45) is 0.431. The first-order chi connectivity index (χ1) is 8.18. The van der Waals surface area contributed by atoms with Gasteiger partial charge in [-0.25, -0.2) is 9.59 Å². The number of hydrogen-bond acceptors (Lipinski definition) is 6. The van der Waals surface area contributed by atoms with E-state index in [-0.39, 0.29) is 0 Å². The maximum atomic E-state index is 9.10. The van der Waals surface area contributed by atoms with Gasteiger partial charge in [-0.3, -0.25) is 0 Å². The highest BCUT2D eigenvalue weighted by Gasteiger charge is 2.04. The average molecular weight is 270 g/mol. The maximum Gasteiger partial charge on any atom is 0.414 e. The lowest BCUT2D eigenvalue weighted by atomic mass is 10.3. The zero-order chi connectivity index (χ0) is 15.1. The molecule has 0 amide bonds. The fourth-order valence-electron chi connectivity index (χ4n) is 0.516. The van der Waals surface area contributed by atoms with Gasteiger partial charge in [-0.1, -0.05) is 26.7 Å². The van der Waals surface area contributed by atoms with Gasteiger partial charge < -0.3 is 30.6 Å². The highest BCUT2D eigenvalue weighted by atomic mass is 16.5. The second-order valence-electron chi connectivity index (χ2n) is 3.15. The minimum atomic E-state index is -1.82. The van der Waals surface area contributed by atoms with Crippen molar-refractivity contribution in [1.29, 1.82) is 0 Å². The van der Waals surface area contributed by atoms with Crippen molar-refractivity contribution in [1.82, 2.24) is 0 Å². The van der Waals surface area contributed by atoms with Crippen molar-refractivity contribution in [3.8, 4) is 0 Å². The molecule has 0 spiro atoms. The predicted molar refractivity (Wildman–Crippen MR) is 61.5 cm³/mol. The molecular formula is C10H22O8. The molecule has 0 aliphatic rings. The van der Waals surface area contributed by atoms with Crippen molar-refractivity contribution in [2.75, 3.05) is 0 Å². The van der Waals surface area contributed by atoms with Crippen LogP contribution in [-0.4, -0.2) is 55.2 Å². The molecule has 0 saturated heterocycles. The zero-order valence-electron chi connectivity index (χ0n) is 10.5. The quantitative estimate of drug-likeness (QED) is 0.291. The first-order valence-corrected chi connectivity index (χ1v) is 5.37. The number of aliphatic hydroxyl groups is 4. The molecule has 18 heavy (non-hydrogen) atoms. The van der Waals surface area contributed by atoms with Crippen LogP contribution in [0.4, 0.5) is 0 Å². The summed E-state index contributed by atoms with van der Waals surface area (Å²) in [5.41, 5.74) is 0. The second-order valence-corrected chi connectivity index (χ2v) is 3.15. The number of carboxylic acid groups (broad SMARTS) is 2. The lowest BCUT2D eigenvalue weighted by molar-refractivity contribution is -0.159. The van der Waals surface area contributed by atoms with E-state index in [0.717, 1.165) is 12.8 Å². The number of aliphatic hydroxyl groups excluding tert-OH is 2. The van der Waals surface area contributed by atoms with Gasteiger partial charge in [-0.2, -0.15) is 0 Å². The number of carbonyl (C=O) groups is 2. The number of hydrogen-bond donors (Lipinski definition) is 6. The Labute approximate surface area is 105 Å². The van der Waals surface area contributed by atoms with E-state index in [2.05, 4.69) is 0 Å². The van der Waals surface area contributed by atoms with E-state index >= 15 is 0 Å². The van der Waals surface area contributed by atoms with Gasteiger partial charge in [0.25, 0.3) is 0 Å². The molecule has 0 bridgehead atoms. The smallest absolute Gasteiger partial charge is 0.414 e. The fraction of sp³-hybridized carbons (Fsp3) is 0.800. The topological polar surface area (TPSA) is 156 Å². The monoisotopic (exact) mass is 270 g/mol. The molecule has 0 aliphatic heterocycles. The van der Waals surface area contributed by atoms with E-state index in [9.17, 15) is 0 Å². The Bertz CT molecular complexity index is 180. The molecule has 110 valence electrons. The Balaban J connectivity index is -0.000000187. The first-order valence-electron chi connectivity index (χ1n) is 5.37. The van der Waals surface area contributed by atoms with Crippen LogP contribution in [0.15, 0.2) is 0 Å². The van der Waals surface area contributed by atoms with E-state index in [4.69, 9.17) is 40.2 Å². The van der Waals surface area contributed by atoms with Crippen molar-refractivity contribution in [2.24, 2.45) is 0 Å². The molecule has 8 heteroatoms. The summed E-state index contributed by atoms with van der Waals surface area (Å²) < 4.78 is 0. The van der Waals surface area contributed by atoms with Gasteiger partial charge >= 0.3 is 11.9 Å². The van der Waals surface area contributed by atoms with Crippen molar-refractivity contribution < 1.29 is 40.2 Å².